The predicted octanol–water partition coefficient (Wildman–Crippen LogP) is 1.44. The summed E-state index contributed by atoms with van der Waals surface area (Å²) in [5, 5.41) is 0. The van der Waals surface area contributed by atoms with E-state index in [2.05, 4.69) is 9.97 Å². The molecule has 1 spiro atoms. The van der Waals surface area contributed by atoms with E-state index < -0.39 is 0 Å². The molecule has 108 valence electrons. The number of piperidine rings is 1. The highest BCUT2D eigenvalue weighted by molar-refractivity contribution is 5.73. The molecule has 1 amide bonds. The minimum absolute atomic E-state index is 0.191. The summed E-state index contributed by atoms with van der Waals surface area (Å²) in [6, 6.07) is 0. The van der Waals surface area contributed by atoms with E-state index in [4.69, 9.17) is 4.74 Å². The Morgan fingerprint density at radius 2 is 2.10 bits per heavy atom. The first-order chi connectivity index (χ1) is 9.67. The Hall–Kier alpha value is -1.49. The van der Waals surface area contributed by atoms with Crippen LogP contribution in [0.2, 0.25) is 0 Å². The molecule has 1 aromatic rings. The molecule has 0 aromatic carbocycles. The van der Waals surface area contributed by atoms with Gasteiger partial charge in [-0.15, -0.1) is 0 Å². The standard InChI is InChI=1S/C15H21N3O2/c1-12(19)18-4-2-15(3-5-18)7-14(20-10-15)6-13-8-16-11-17-9-13/h8-9,11,14H,2-7,10H2,1H3/t14-/m1/s1. The van der Waals surface area contributed by atoms with Crippen LogP contribution < -0.4 is 0 Å². The molecule has 3 rings (SSSR count). The Bertz CT molecular complexity index is 469. The highest BCUT2D eigenvalue weighted by Gasteiger charge is 2.42. The number of carbonyl (C=O) groups is 1. The number of nitrogens with zero attached hydrogens (tertiary/aromatic N) is 3. The molecule has 1 aromatic heterocycles. The highest BCUT2D eigenvalue weighted by Crippen LogP contribution is 2.42. The Labute approximate surface area is 119 Å². The Kier molecular flexibility index (Phi) is 3.70. The molecule has 2 aliphatic heterocycles. The molecule has 0 unspecified atom stereocenters. The molecule has 0 bridgehead atoms. The van der Waals surface area contributed by atoms with E-state index in [1.54, 1.807) is 13.3 Å². The van der Waals surface area contributed by atoms with Crippen LogP contribution in [0.1, 0.15) is 31.7 Å². The highest BCUT2D eigenvalue weighted by atomic mass is 16.5. The van der Waals surface area contributed by atoms with Crippen molar-refractivity contribution in [2.24, 2.45) is 5.41 Å². The van der Waals surface area contributed by atoms with Gasteiger partial charge in [0.2, 0.25) is 5.91 Å². The lowest BCUT2D eigenvalue weighted by Gasteiger charge is -2.38. The van der Waals surface area contributed by atoms with E-state index in [-0.39, 0.29) is 17.4 Å². The lowest BCUT2D eigenvalue weighted by molar-refractivity contribution is -0.131. The van der Waals surface area contributed by atoms with Gasteiger partial charge in [0.15, 0.2) is 0 Å². The van der Waals surface area contributed by atoms with Crippen LogP contribution in [0.5, 0.6) is 0 Å². The van der Waals surface area contributed by atoms with Crippen LogP contribution in [-0.4, -0.2) is 46.6 Å². The lowest BCUT2D eigenvalue weighted by Crippen LogP contribution is -2.42. The van der Waals surface area contributed by atoms with Gasteiger partial charge in [-0.1, -0.05) is 0 Å². The van der Waals surface area contributed by atoms with Gasteiger partial charge in [-0.2, -0.15) is 0 Å². The maximum Gasteiger partial charge on any atom is 0.219 e. The monoisotopic (exact) mass is 275 g/mol. The van der Waals surface area contributed by atoms with E-state index in [0.717, 1.165) is 50.9 Å². The summed E-state index contributed by atoms with van der Waals surface area (Å²) in [6.45, 7) is 4.23. The van der Waals surface area contributed by atoms with Crippen molar-refractivity contribution in [3.8, 4) is 0 Å². The molecule has 0 radical (unpaired) electrons. The fourth-order valence-electron chi connectivity index (χ4n) is 3.37. The molecular weight excluding hydrogens is 254 g/mol. The van der Waals surface area contributed by atoms with E-state index in [1.807, 2.05) is 17.3 Å². The van der Waals surface area contributed by atoms with E-state index >= 15 is 0 Å². The van der Waals surface area contributed by atoms with Crippen molar-refractivity contribution in [3.63, 3.8) is 0 Å². The molecule has 0 N–H and O–H groups in total. The van der Waals surface area contributed by atoms with Crippen LogP contribution in [0.15, 0.2) is 18.7 Å². The van der Waals surface area contributed by atoms with Gasteiger partial charge in [0.25, 0.3) is 0 Å². The average Bonchev–Trinajstić information content (AvgIpc) is 2.83. The maximum atomic E-state index is 11.4. The van der Waals surface area contributed by atoms with Crippen LogP contribution in [0.3, 0.4) is 0 Å². The van der Waals surface area contributed by atoms with E-state index in [0.29, 0.717) is 0 Å². The summed E-state index contributed by atoms with van der Waals surface area (Å²) in [4.78, 5) is 21.4. The zero-order chi connectivity index (χ0) is 14.0. The zero-order valence-electron chi connectivity index (χ0n) is 11.9. The number of amides is 1. The number of carbonyl (C=O) groups excluding carboxylic acids is 1. The largest absolute Gasteiger partial charge is 0.377 e. The number of aromatic nitrogens is 2. The average molecular weight is 275 g/mol. The van der Waals surface area contributed by atoms with Gasteiger partial charge < -0.3 is 9.64 Å². The minimum atomic E-state index is 0.191. The SMILES string of the molecule is CC(=O)N1CCC2(CC1)CO[C@H](Cc1cncnc1)C2. The van der Waals surface area contributed by atoms with Crippen molar-refractivity contribution in [2.45, 2.75) is 38.7 Å². The Balaban J connectivity index is 1.56. The smallest absolute Gasteiger partial charge is 0.219 e. The summed E-state index contributed by atoms with van der Waals surface area (Å²) in [7, 11) is 0. The van der Waals surface area contributed by atoms with Crippen LogP contribution in [-0.2, 0) is 16.0 Å². The number of likely N-dealkylation sites (tertiary alicyclic amines) is 1. The van der Waals surface area contributed by atoms with Gasteiger partial charge in [-0.05, 0) is 30.2 Å². The Morgan fingerprint density at radius 1 is 1.40 bits per heavy atom. The van der Waals surface area contributed by atoms with Crippen molar-refractivity contribution >= 4 is 5.91 Å². The number of rotatable bonds is 2. The molecule has 0 saturated carbocycles. The molecule has 2 aliphatic rings. The van der Waals surface area contributed by atoms with E-state index in [9.17, 15) is 4.79 Å². The molecular formula is C15H21N3O2. The second-order valence-electron chi connectivity index (χ2n) is 6.09. The molecule has 5 nitrogen and oxygen atoms in total. The van der Waals surface area contributed by atoms with Crippen molar-refractivity contribution < 1.29 is 9.53 Å². The van der Waals surface area contributed by atoms with Gasteiger partial charge in [-0.25, -0.2) is 9.97 Å². The lowest BCUT2D eigenvalue weighted by atomic mass is 9.76. The molecule has 2 saturated heterocycles. The number of hydrogen-bond donors (Lipinski definition) is 0. The van der Waals surface area contributed by atoms with Gasteiger partial charge >= 0.3 is 0 Å². The first-order valence-corrected chi connectivity index (χ1v) is 7.28. The van der Waals surface area contributed by atoms with Crippen molar-refractivity contribution in [3.05, 3.63) is 24.3 Å². The zero-order valence-corrected chi connectivity index (χ0v) is 11.9. The quantitative estimate of drug-likeness (QED) is 0.819. The molecule has 5 heteroatoms. The molecule has 2 fully saturated rings. The van der Waals surface area contributed by atoms with Crippen LogP contribution in [0.4, 0.5) is 0 Å². The second kappa shape index (κ2) is 5.48. The van der Waals surface area contributed by atoms with Gasteiger partial charge in [0.1, 0.15) is 6.33 Å². The fraction of sp³-hybridized carbons (Fsp3) is 0.667. The first-order valence-electron chi connectivity index (χ1n) is 7.28. The summed E-state index contributed by atoms with van der Waals surface area (Å²) < 4.78 is 5.99. The van der Waals surface area contributed by atoms with Crippen LogP contribution in [0.25, 0.3) is 0 Å². The maximum absolute atomic E-state index is 11.4. The van der Waals surface area contributed by atoms with Crippen molar-refractivity contribution in [1.82, 2.24) is 14.9 Å². The normalized spacial score (nSPS) is 25.1. The summed E-state index contributed by atoms with van der Waals surface area (Å²) in [6.07, 6.45) is 9.65. The topological polar surface area (TPSA) is 55.3 Å². The number of ether oxygens (including phenoxy) is 1. The Morgan fingerprint density at radius 3 is 2.75 bits per heavy atom. The molecule has 1 atom stereocenters. The van der Waals surface area contributed by atoms with Gasteiger partial charge in [0, 0.05) is 38.8 Å². The number of hydrogen-bond acceptors (Lipinski definition) is 4. The van der Waals surface area contributed by atoms with Crippen LogP contribution in [0, 0.1) is 5.41 Å². The van der Waals surface area contributed by atoms with Crippen molar-refractivity contribution in [2.75, 3.05) is 19.7 Å². The summed E-state index contributed by atoms with van der Waals surface area (Å²) in [5.74, 6) is 0.191. The summed E-state index contributed by atoms with van der Waals surface area (Å²) >= 11 is 0. The third-order valence-corrected chi connectivity index (χ3v) is 4.63. The minimum Gasteiger partial charge on any atom is -0.377 e. The van der Waals surface area contributed by atoms with Gasteiger partial charge in [0.05, 0.1) is 12.7 Å². The van der Waals surface area contributed by atoms with Crippen LogP contribution >= 0.6 is 0 Å². The van der Waals surface area contributed by atoms with Crippen molar-refractivity contribution in [1.29, 1.82) is 0 Å². The predicted molar refractivity (Wildman–Crippen MR) is 74.0 cm³/mol. The van der Waals surface area contributed by atoms with Gasteiger partial charge in [-0.3, -0.25) is 4.79 Å². The third-order valence-electron chi connectivity index (χ3n) is 4.63. The van der Waals surface area contributed by atoms with E-state index in [1.165, 1.54) is 0 Å². The molecule has 0 aliphatic carbocycles. The second-order valence-corrected chi connectivity index (χ2v) is 6.09. The molecule has 20 heavy (non-hydrogen) atoms. The third kappa shape index (κ3) is 2.82. The summed E-state index contributed by atoms with van der Waals surface area (Å²) in [5.41, 5.74) is 1.42. The fourth-order valence-corrected chi connectivity index (χ4v) is 3.37. The first kappa shape index (κ1) is 13.5. The molecule has 3 heterocycles.